The molecule has 1 aliphatic rings. The first-order valence-corrected chi connectivity index (χ1v) is 9.97. The van der Waals surface area contributed by atoms with Crippen molar-refractivity contribution in [2.75, 3.05) is 46.9 Å². The number of hydrogen-bond acceptors (Lipinski definition) is 6. The molecule has 9 heteroatoms. The average Bonchev–Trinajstić information content (AvgIpc) is 2.65. The van der Waals surface area contributed by atoms with Crippen LogP contribution in [-0.4, -0.2) is 76.5 Å². The summed E-state index contributed by atoms with van der Waals surface area (Å²) in [7, 11) is -0.925. The third-order valence-corrected chi connectivity index (χ3v) is 6.32. The predicted octanol–water partition coefficient (Wildman–Crippen LogP) is 0.535. The Bertz CT molecular complexity index is 730. The van der Waals surface area contributed by atoms with Crippen molar-refractivity contribution in [3.8, 4) is 11.5 Å². The third-order valence-electron chi connectivity index (χ3n) is 4.30. The van der Waals surface area contributed by atoms with Crippen molar-refractivity contribution >= 4 is 15.9 Å². The third kappa shape index (κ3) is 4.46. The van der Waals surface area contributed by atoms with Gasteiger partial charge in [0.15, 0.2) is 11.5 Å². The Morgan fingerprint density at radius 3 is 2.35 bits per heavy atom. The van der Waals surface area contributed by atoms with E-state index in [-0.39, 0.29) is 23.4 Å². The Labute approximate surface area is 155 Å². The summed E-state index contributed by atoms with van der Waals surface area (Å²) in [6.45, 7) is 5.93. The Balaban J connectivity index is 2.28. The Morgan fingerprint density at radius 1 is 1.19 bits per heavy atom. The van der Waals surface area contributed by atoms with Crippen LogP contribution in [0.1, 0.15) is 13.8 Å². The molecule has 1 N–H and O–H groups in total. The van der Waals surface area contributed by atoms with Gasteiger partial charge in [-0.05, 0) is 26.0 Å². The number of carbonyl (C=O) groups excluding carboxylic acids is 1. The Kier molecular flexibility index (Phi) is 6.85. The number of carbonyl (C=O) groups is 1. The quantitative estimate of drug-likeness (QED) is 0.737. The maximum absolute atomic E-state index is 13.1. The minimum atomic E-state index is -3.86. The number of benzene rings is 1. The topological polar surface area (TPSA) is 88.2 Å². The van der Waals surface area contributed by atoms with Crippen LogP contribution < -0.4 is 14.8 Å². The highest BCUT2D eigenvalue weighted by molar-refractivity contribution is 7.89. The van der Waals surface area contributed by atoms with Crippen molar-refractivity contribution in [1.82, 2.24) is 14.5 Å². The number of methoxy groups -OCH3 is 2. The lowest BCUT2D eigenvalue weighted by molar-refractivity contribution is -0.132. The summed E-state index contributed by atoms with van der Waals surface area (Å²) in [4.78, 5) is 14.3. The van der Waals surface area contributed by atoms with Crippen molar-refractivity contribution in [2.45, 2.75) is 24.8 Å². The summed E-state index contributed by atoms with van der Waals surface area (Å²) in [5.41, 5.74) is 0. The van der Waals surface area contributed by atoms with Gasteiger partial charge >= 0.3 is 0 Å². The van der Waals surface area contributed by atoms with Crippen molar-refractivity contribution in [3.63, 3.8) is 0 Å². The standard InChI is InChI=1S/C17H27N3O5S/c1-13(2)20(12-17(21)19-9-7-18-8-10-19)26(22,23)14-5-6-15(24-3)16(11-14)25-4/h5-6,11,13,18H,7-10,12H2,1-4H3. The molecule has 1 aromatic rings. The van der Waals surface area contributed by atoms with E-state index in [0.29, 0.717) is 24.6 Å². The van der Waals surface area contributed by atoms with Gasteiger partial charge in [0.1, 0.15) is 0 Å². The molecule has 1 saturated heterocycles. The summed E-state index contributed by atoms with van der Waals surface area (Å²) in [5, 5.41) is 3.17. The number of nitrogens with zero attached hydrogens (tertiary/aromatic N) is 2. The highest BCUT2D eigenvalue weighted by Gasteiger charge is 2.31. The number of ether oxygens (including phenoxy) is 2. The lowest BCUT2D eigenvalue weighted by atomic mass is 10.3. The fourth-order valence-electron chi connectivity index (χ4n) is 2.81. The van der Waals surface area contributed by atoms with Crippen LogP contribution in [0.2, 0.25) is 0 Å². The molecule has 0 unspecified atom stereocenters. The molecule has 0 bridgehead atoms. The molecule has 1 heterocycles. The van der Waals surface area contributed by atoms with Crippen molar-refractivity contribution in [2.24, 2.45) is 0 Å². The number of sulfonamides is 1. The molecule has 1 aromatic carbocycles. The first-order valence-electron chi connectivity index (χ1n) is 8.53. The van der Waals surface area contributed by atoms with Crippen LogP contribution in [0.5, 0.6) is 11.5 Å². The first kappa shape index (κ1) is 20.5. The van der Waals surface area contributed by atoms with Gasteiger partial charge in [0.05, 0.1) is 25.7 Å². The van der Waals surface area contributed by atoms with Crippen molar-refractivity contribution in [1.29, 1.82) is 0 Å². The second-order valence-corrected chi connectivity index (χ2v) is 8.18. The molecule has 0 saturated carbocycles. The van der Waals surface area contributed by atoms with Gasteiger partial charge in [-0.15, -0.1) is 0 Å². The number of amides is 1. The summed E-state index contributed by atoms with van der Waals surface area (Å²) in [5.74, 6) is 0.578. The van der Waals surface area contributed by atoms with Crippen LogP contribution >= 0.6 is 0 Å². The summed E-state index contributed by atoms with van der Waals surface area (Å²) in [6, 6.07) is 4.06. The molecule has 1 aliphatic heterocycles. The zero-order chi connectivity index (χ0) is 19.3. The largest absolute Gasteiger partial charge is 0.493 e. The molecular weight excluding hydrogens is 358 g/mol. The highest BCUT2D eigenvalue weighted by Crippen LogP contribution is 2.31. The number of hydrogen-bond donors (Lipinski definition) is 1. The SMILES string of the molecule is COc1ccc(S(=O)(=O)N(CC(=O)N2CCNCC2)C(C)C)cc1OC. The molecule has 0 aliphatic carbocycles. The fourth-order valence-corrected chi connectivity index (χ4v) is 4.41. The van der Waals surface area contributed by atoms with Crippen LogP contribution in [0.4, 0.5) is 0 Å². The van der Waals surface area contributed by atoms with Crippen molar-refractivity contribution in [3.05, 3.63) is 18.2 Å². The van der Waals surface area contributed by atoms with E-state index in [2.05, 4.69) is 5.32 Å². The van der Waals surface area contributed by atoms with E-state index in [1.165, 1.54) is 30.7 Å². The van der Waals surface area contributed by atoms with E-state index in [9.17, 15) is 13.2 Å². The molecule has 26 heavy (non-hydrogen) atoms. The van der Waals surface area contributed by atoms with Crippen LogP contribution in [0.25, 0.3) is 0 Å². The van der Waals surface area contributed by atoms with Gasteiger partial charge in [0.25, 0.3) is 0 Å². The van der Waals surface area contributed by atoms with E-state index < -0.39 is 10.0 Å². The zero-order valence-corrected chi connectivity index (χ0v) is 16.5. The van der Waals surface area contributed by atoms with Crippen LogP contribution in [-0.2, 0) is 14.8 Å². The van der Waals surface area contributed by atoms with Gasteiger partial charge in [-0.25, -0.2) is 8.42 Å². The molecule has 1 amide bonds. The second-order valence-electron chi connectivity index (χ2n) is 6.29. The van der Waals surface area contributed by atoms with Crippen LogP contribution in [0.15, 0.2) is 23.1 Å². The van der Waals surface area contributed by atoms with E-state index in [0.717, 1.165) is 13.1 Å². The van der Waals surface area contributed by atoms with E-state index in [1.54, 1.807) is 24.8 Å². The minimum Gasteiger partial charge on any atom is -0.493 e. The maximum Gasteiger partial charge on any atom is 0.243 e. The maximum atomic E-state index is 13.1. The predicted molar refractivity (Wildman–Crippen MR) is 98.0 cm³/mol. The molecule has 0 spiro atoms. The molecule has 0 aromatic heterocycles. The zero-order valence-electron chi connectivity index (χ0n) is 15.7. The van der Waals surface area contributed by atoms with Gasteiger partial charge in [0, 0.05) is 38.3 Å². The Hall–Kier alpha value is -1.84. The molecule has 8 nitrogen and oxygen atoms in total. The smallest absolute Gasteiger partial charge is 0.243 e. The molecular formula is C17H27N3O5S. The van der Waals surface area contributed by atoms with Crippen molar-refractivity contribution < 1.29 is 22.7 Å². The number of nitrogens with one attached hydrogen (secondary N) is 1. The number of rotatable bonds is 7. The van der Waals surface area contributed by atoms with Gasteiger partial charge in [-0.3, -0.25) is 4.79 Å². The summed E-state index contributed by atoms with van der Waals surface area (Å²) >= 11 is 0. The molecule has 0 radical (unpaired) electrons. The van der Waals surface area contributed by atoms with Gasteiger partial charge < -0.3 is 19.7 Å². The van der Waals surface area contributed by atoms with Gasteiger partial charge in [-0.2, -0.15) is 4.31 Å². The highest BCUT2D eigenvalue weighted by atomic mass is 32.2. The lowest BCUT2D eigenvalue weighted by Gasteiger charge is -2.31. The monoisotopic (exact) mass is 385 g/mol. The number of piperazine rings is 1. The van der Waals surface area contributed by atoms with E-state index in [4.69, 9.17) is 9.47 Å². The summed E-state index contributed by atoms with van der Waals surface area (Å²) < 4.78 is 37.8. The van der Waals surface area contributed by atoms with E-state index in [1.807, 2.05) is 0 Å². The second kappa shape index (κ2) is 8.70. The van der Waals surface area contributed by atoms with Gasteiger partial charge in [-0.1, -0.05) is 0 Å². The normalized spacial score (nSPS) is 15.4. The lowest BCUT2D eigenvalue weighted by Crippen LogP contribution is -2.51. The Morgan fingerprint density at radius 2 is 1.81 bits per heavy atom. The van der Waals surface area contributed by atoms with Crippen LogP contribution in [0.3, 0.4) is 0 Å². The van der Waals surface area contributed by atoms with Gasteiger partial charge in [0.2, 0.25) is 15.9 Å². The summed E-state index contributed by atoms with van der Waals surface area (Å²) in [6.07, 6.45) is 0. The molecule has 0 atom stereocenters. The van der Waals surface area contributed by atoms with Crippen LogP contribution in [0, 0.1) is 0 Å². The fraction of sp³-hybridized carbons (Fsp3) is 0.588. The minimum absolute atomic E-state index is 0.0666. The molecule has 2 rings (SSSR count). The average molecular weight is 385 g/mol. The molecule has 1 fully saturated rings. The van der Waals surface area contributed by atoms with E-state index >= 15 is 0 Å². The first-order chi connectivity index (χ1) is 12.3. The molecule has 146 valence electrons.